The number of nitrogens with one attached hydrogen (secondary N) is 2. The van der Waals surface area contributed by atoms with Crippen LogP contribution >= 0.6 is 0 Å². The molecule has 3 aromatic rings. The average Bonchev–Trinajstić information content (AvgIpc) is 3.13. The lowest BCUT2D eigenvalue weighted by Gasteiger charge is -2.17. The predicted molar refractivity (Wildman–Crippen MR) is 217 cm³/mol. The summed E-state index contributed by atoms with van der Waals surface area (Å²) in [5.41, 5.74) is 9.17. The fraction of sp³-hybridized carbons (Fsp3) is 0.565. The van der Waals surface area contributed by atoms with E-state index in [1.54, 1.807) is 0 Å². The summed E-state index contributed by atoms with van der Waals surface area (Å²) in [5.74, 6) is 0.217. The molecule has 2 N–H and O–H groups in total. The van der Waals surface area contributed by atoms with E-state index in [0.717, 1.165) is 49.9 Å². The number of hydrogen-bond donors (Lipinski definition) is 2. The highest BCUT2D eigenvalue weighted by atomic mass is 16.2. The maximum atomic E-state index is 12.6. The van der Waals surface area contributed by atoms with Gasteiger partial charge in [0, 0.05) is 24.2 Å². The van der Waals surface area contributed by atoms with Crippen molar-refractivity contribution in [3.8, 4) is 22.3 Å². The molecule has 0 aliphatic rings. The van der Waals surface area contributed by atoms with Crippen molar-refractivity contribution in [2.45, 2.75) is 169 Å². The molecule has 0 atom stereocenters. The molecule has 4 heteroatoms. The first-order valence-electron chi connectivity index (χ1n) is 20.4. The highest BCUT2D eigenvalue weighted by molar-refractivity contribution is 5.92. The van der Waals surface area contributed by atoms with E-state index in [1.165, 1.54) is 123 Å². The minimum absolute atomic E-state index is 0.108. The van der Waals surface area contributed by atoms with Gasteiger partial charge in [0.25, 0.3) is 0 Å². The van der Waals surface area contributed by atoms with E-state index in [2.05, 4.69) is 74.7 Å². The summed E-state index contributed by atoms with van der Waals surface area (Å²) in [7, 11) is 0. The lowest BCUT2D eigenvalue weighted by atomic mass is 9.89. The zero-order valence-electron chi connectivity index (χ0n) is 32.1. The molecular formula is C46H68N2O2. The smallest absolute Gasteiger partial charge is 0.224 e. The van der Waals surface area contributed by atoms with Crippen LogP contribution in [0.25, 0.3) is 22.3 Å². The third-order valence-corrected chi connectivity index (χ3v) is 10.1. The molecule has 50 heavy (non-hydrogen) atoms. The van der Waals surface area contributed by atoms with Gasteiger partial charge in [0.05, 0.1) is 0 Å². The highest BCUT2D eigenvalue weighted by Crippen LogP contribution is 2.34. The van der Waals surface area contributed by atoms with Crippen molar-refractivity contribution in [3.63, 3.8) is 0 Å². The number of aryl methyl sites for hydroxylation is 2. The Hall–Kier alpha value is -3.40. The van der Waals surface area contributed by atoms with Crippen molar-refractivity contribution in [1.82, 2.24) is 0 Å². The molecule has 2 amide bonds. The van der Waals surface area contributed by atoms with Crippen LogP contribution in [0, 0.1) is 0 Å². The standard InChI is InChI=1S/C46H68N2O2/c1-5-9-11-13-15-17-19-21-23-25-45(49)47-41-31-27-39(28-32-41)43-35-38(8-4)44(36-37(43)7-3)40-29-33-42(34-30-40)48-46(50)26-24-22-20-18-16-14-12-10-6-2/h27-36H,5-26H2,1-4H3,(H,47,49)(H,48,50). The summed E-state index contributed by atoms with van der Waals surface area (Å²) in [6, 6.07) is 21.3. The van der Waals surface area contributed by atoms with Crippen LogP contribution in [0.1, 0.15) is 167 Å². The molecule has 274 valence electrons. The molecule has 3 rings (SSSR count). The van der Waals surface area contributed by atoms with Crippen molar-refractivity contribution >= 4 is 23.2 Å². The van der Waals surface area contributed by atoms with E-state index in [9.17, 15) is 9.59 Å². The van der Waals surface area contributed by atoms with Gasteiger partial charge in [-0.2, -0.15) is 0 Å². The van der Waals surface area contributed by atoms with Crippen molar-refractivity contribution in [3.05, 3.63) is 71.8 Å². The SMILES string of the molecule is CCCCCCCCCCCC(=O)Nc1ccc(-c2cc(CC)c(-c3ccc(NC(=O)CCCCCCCCCCC)cc3)cc2CC)cc1. The molecule has 0 aliphatic carbocycles. The topological polar surface area (TPSA) is 58.2 Å². The third-order valence-electron chi connectivity index (χ3n) is 10.1. The Morgan fingerprint density at radius 1 is 0.420 bits per heavy atom. The van der Waals surface area contributed by atoms with Gasteiger partial charge in [0.2, 0.25) is 11.8 Å². The molecule has 0 fully saturated rings. The van der Waals surface area contributed by atoms with Crippen LogP contribution in [0.15, 0.2) is 60.7 Å². The van der Waals surface area contributed by atoms with Gasteiger partial charge in [-0.25, -0.2) is 0 Å². The Morgan fingerprint density at radius 2 is 0.720 bits per heavy atom. The lowest BCUT2D eigenvalue weighted by molar-refractivity contribution is -0.117. The van der Waals surface area contributed by atoms with Crippen LogP contribution in [0.5, 0.6) is 0 Å². The largest absolute Gasteiger partial charge is 0.326 e. The Balaban J connectivity index is 1.50. The number of carbonyl (C=O) groups is 2. The first kappa shape index (κ1) is 41.0. The molecule has 0 aromatic heterocycles. The Labute approximate surface area is 305 Å². The second-order valence-corrected chi connectivity index (χ2v) is 14.3. The normalized spacial score (nSPS) is 11.1. The van der Waals surface area contributed by atoms with Crippen LogP contribution in [0.2, 0.25) is 0 Å². The molecule has 0 bridgehead atoms. The summed E-state index contributed by atoms with van der Waals surface area (Å²) in [6.07, 6.45) is 25.6. The van der Waals surface area contributed by atoms with Gasteiger partial charge >= 0.3 is 0 Å². The van der Waals surface area contributed by atoms with Crippen LogP contribution < -0.4 is 10.6 Å². The molecule has 0 unspecified atom stereocenters. The third kappa shape index (κ3) is 15.2. The van der Waals surface area contributed by atoms with Crippen LogP contribution in [-0.4, -0.2) is 11.8 Å². The molecule has 0 aliphatic heterocycles. The van der Waals surface area contributed by atoms with Crippen molar-refractivity contribution in [2.24, 2.45) is 0 Å². The Bertz CT molecular complexity index is 1270. The second-order valence-electron chi connectivity index (χ2n) is 14.3. The van der Waals surface area contributed by atoms with Crippen molar-refractivity contribution in [1.29, 1.82) is 0 Å². The quantitative estimate of drug-likeness (QED) is 0.0829. The molecule has 0 spiro atoms. The number of unbranched alkanes of at least 4 members (excludes halogenated alkanes) is 16. The van der Waals surface area contributed by atoms with Crippen molar-refractivity contribution in [2.75, 3.05) is 10.6 Å². The number of rotatable bonds is 26. The first-order valence-corrected chi connectivity index (χ1v) is 20.4. The zero-order chi connectivity index (χ0) is 35.8. The van der Waals surface area contributed by atoms with E-state index < -0.39 is 0 Å². The number of hydrogen-bond acceptors (Lipinski definition) is 2. The number of benzene rings is 3. The maximum absolute atomic E-state index is 12.6. The molecule has 0 saturated carbocycles. The van der Waals surface area contributed by atoms with E-state index in [1.807, 2.05) is 24.3 Å². The molecular weight excluding hydrogens is 613 g/mol. The second kappa shape index (κ2) is 24.7. The van der Waals surface area contributed by atoms with Gasteiger partial charge in [-0.15, -0.1) is 0 Å². The summed E-state index contributed by atoms with van der Waals surface area (Å²) in [5, 5.41) is 6.21. The van der Waals surface area contributed by atoms with Gasteiger partial charge in [-0.3, -0.25) is 9.59 Å². The first-order chi connectivity index (χ1) is 24.5. The molecule has 4 nitrogen and oxygen atoms in total. The molecule has 3 aromatic carbocycles. The summed E-state index contributed by atoms with van der Waals surface area (Å²) < 4.78 is 0. The average molecular weight is 681 g/mol. The minimum Gasteiger partial charge on any atom is -0.326 e. The van der Waals surface area contributed by atoms with Gasteiger partial charge in [-0.05, 0) is 83.3 Å². The minimum atomic E-state index is 0.108. The zero-order valence-corrected chi connectivity index (χ0v) is 32.1. The van der Waals surface area contributed by atoms with E-state index >= 15 is 0 Å². The van der Waals surface area contributed by atoms with E-state index in [-0.39, 0.29) is 11.8 Å². The maximum Gasteiger partial charge on any atom is 0.224 e. The number of amides is 2. The van der Waals surface area contributed by atoms with E-state index in [0.29, 0.717) is 12.8 Å². The molecule has 0 heterocycles. The highest BCUT2D eigenvalue weighted by Gasteiger charge is 2.13. The van der Waals surface area contributed by atoms with Gasteiger partial charge in [-0.1, -0.05) is 167 Å². The molecule has 0 radical (unpaired) electrons. The Morgan fingerprint density at radius 3 is 1.02 bits per heavy atom. The molecule has 0 saturated heterocycles. The fourth-order valence-electron chi connectivity index (χ4n) is 6.92. The van der Waals surface area contributed by atoms with Crippen LogP contribution in [0.3, 0.4) is 0 Å². The van der Waals surface area contributed by atoms with E-state index in [4.69, 9.17) is 0 Å². The predicted octanol–water partition coefficient (Wildman–Crippen LogP) is 13.9. The number of anilines is 2. The van der Waals surface area contributed by atoms with Gasteiger partial charge in [0.15, 0.2) is 0 Å². The van der Waals surface area contributed by atoms with Gasteiger partial charge in [0.1, 0.15) is 0 Å². The fourth-order valence-corrected chi connectivity index (χ4v) is 6.92. The van der Waals surface area contributed by atoms with Crippen LogP contribution in [0.4, 0.5) is 11.4 Å². The summed E-state index contributed by atoms with van der Waals surface area (Å²) >= 11 is 0. The van der Waals surface area contributed by atoms with Crippen molar-refractivity contribution < 1.29 is 9.59 Å². The number of carbonyl (C=O) groups excluding carboxylic acids is 2. The Kier molecular flexibility index (Phi) is 20.3. The van der Waals surface area contributed by atoms with Gasteiger partial charge < -0.3 is 10.6 Å². The summed E-state index contributed by atoms with van der Waals surface area (Å²) in [6.45, 7) is 8.93. The van der Waals surface area contributed by atoms with Crippen LogP contribution in [-0.2, 0) is 22.4 Å². The summed E-state index contributed by atoms with van der Waals surface area (Å²) in [4.78, 5) is 25.2. The monoisotopic (exact) mass is 681 g/mol. The lowest BCUT2D eigenvalue weighted by Crippen LogP contribution is -2.11.